The molecule has 4 rings (SSSR count). The normalized spacial score (nSPS) is 23.0. The van der Waals surface area contributed by atoms with E-state index in [-0.39, 0.29) is 18.1 Å². The number of pyridine rings is 1. The molecule has 2 aliphatic rings. The molecule has 2 aliphatic heterocycles. The first-order valence-corrected chi connectivity index (χ1v) is 8.83. The zero-order valence-electron chi connectivity index (χ0n) is 14.1. The van der Waals surface area contributed by atoms with Crippen molar-refractivity contribution in [3.63, 3.8) is 0 Å². The Morgan fingerprint density at radius 1 is 1.16 bits per heavy atom. The summed E-state index contributed by atoms with van der Waals surface area (Å²) in [5, 5.41) is 0. The van der Waals surface area contributed by atoms with E-state index in [4.69, 9.17) is 9.47 Å². The highest BCUT2D eigenvalue weighted by atomic mass is 16.5. The van der Waals surface area contributed by atoms with Crippen molar-refractivity contribution in [2.45, 2.75) is 38.1 Å². The van der Waals surface area contributed by atoms with Crippen molar-refractivity contribution in [2.24, 2.45) is 0 Å². The van der Waals surface area contributed by atoms with E-state index in [0.29, 0.717) is 19.6 Å². The average molecular weight is 338 g/mol. The van der Waals surface area contributed by atoms with Gasteiger partial charge in [-0.1, -0.05) is 24.3 Å². The first-order chi connectivity index (χ1) is 12.3. The van der Waals surface area contributed by atoms with Gasteiger partial charge in [0, 0.05) is 25.4 Å². The first kappa shape index (κ1) is 16.1. The molecule has 0 spiro atoms. The smallest absolute Gasteiger partial charge is 0.252 e. The molecule has 1 aromatic heterocycles. The van der Waals surface area contributed by atoms with Crippen LogP contribution in [0.1, 0.15) is 24.0 Å². The van der Waals surface area contributed by atoms with Gasteiger partial charge in [-0.2, -0.15) is 0 Å². The fourth-order valence-corrected chi connectivity index (χ4v) is 3.55. The summed E-state index contributed by atoms with van der Waals surface area (Å²) < 4.78 is 11.8. The van der Waals surface area contributed by atoms with Gasteiger partial charge in [-0.05, 0) is 36.1 Å². The Hall–Kier alpha value is -2.40. The van der Waals surface area contributed by atoms with Gasteiger partial charge in [0.1, 0.15) is 18.0 Å². The van der Waals surface area contributed by atoms with Crippen molar-refractivity contribution in [1.82, 2.24) is 9.88 Å². The summed E-state index contributed by atoms with van der Waals surface area (Å²) in [5.41, 5.74) is 2.40. The number of fused-ring (bicyclic) bond motifs is 1. The third-order valence-corrected chi connectivity index (χ3v) is 4.88. The second kappa shape index (κ2) is 7.23. The number of rotatable bonds is 3. The van der Waals surface area contributed by atoms with Crippen LogP contribution in [0.4, 0.5) is 0 Å². The minimum atomic E-state index is -0.380. The molecule has 1 saturated heterocycles. The van der Waals surface area contributed by atoms with Crippen molar-refractivity contribution < 1.29 is 14.3 Å². The Kier molecular flexibility index (Phi) is 4.65. The van der Waals surface area contributed by atoms with E-state index >= 15 is 0 Å². The summed E-state index contributed by atoms with van der Waals surface area (Å²) in [5.74, 6) is 0.884. The summed E-state index contributed by atoms with van der Waals surface area (Å²) in [6.45, 7) is 1.90. The van der Waals surface area contributed by atoms with Gasteiger partial charge in [-0.15, -0.1) is 0 Å². The van der Waals surface area contributed by atoms with Gasteiger partial charge >= 0.3 is 0 Å². The number of piperidine rings is 1. The van der Waals surface area contributed by atoms with Crippen LogP contribution in [0.5, 0.6) is 5.75 Å². The van der Waals surface area contributed by atoms with Crippen LogP contribution in [-0.4, -0.2) is 41.1 Å². The van der Waals surface area contributed by atoms with Crippen LogP contribution in [0.3, 0.4) is 0 Å². The zero-order valence-corrected chi connectivity index (χ0v) is 14.1. The number of carbonyl (C=O) groups is 1. The summed E-state index contributed by atoms with van der Waals surface area (Å²) >= 11 is 0. The Balaban J connectivity index is 1.39. The highest BCUT2D eigenvalue weighted by Gasteiger charge is 2.32. The number of amides is 1. The molecule has 5 nitrogen and oxygen atoms in total. The number of hydrogen-bond donors (Lipinski definition) is 0. The maximum Gasteiger partial charge on any atom is 0.252 e. The van der Waals surface area contributed by atoms with Crippen molar-refractivity contribution in [3.05, 3.63) is 59.9 Å². The summed E-state index contributed by atoms with van der Waals surface area (Å²) in [7, 11) is 0. The van der Waals surface area contributed by atoms with Crippen LogP contribution in [0, 0.1) is 0 Å². The summed E-state index contributed by atoms with van der Waals surface area (Å²) in [6, 6.07) is 11.9. The summed E-state index contributed by atoms with van der Waals surface area (Å²) in [6.07, 6.45) is 5.64. The number of ether oxygens (including phenoxy) is 2. The summed E-state index contributed by atoms with van der Waals surface area (Å²) in [4.78, 5) is 18.8. The van der Waals surface area contributed by atoms with Crippen molar-refractivity contribution in [1.29, 1.82) is 0 Å². The van der Waals surface area contributed by atoms with E-state index in [1.807, 2.05) is 29.2 Å². The molecule has 0 N–H and O–H groups in total. The Morgan fingerprint density at radius 2 is 1.96 bits per heavy atom. The van der Waals surface area contributed by atoms with Gasteiger partial charge in [0.15, 0.2) is 0 Å². The molecule has 25 heavy (non-hydrogen) atoms. The molecule has 0 bridgehead atoms. The number of carbonyl (C=O) groups excluding carboxylic acids is 1. The number of benzene rings is 1. The molecule has 0 aliphatic carbocycles. The van der Waals surface area contributed by atoms with Crippen molar-refractivity contribution in [2.75, 3.05) is 13.1 Å². The number of hydrogen-bond acceptors (Lipinski definition) is 4. The molecular weight excluding hydrogens is 316 g/mol. The van der Waals surface area contributed by atoms with Gasteiger partial charge in [0.25, 0.3) is 5.91 Å². The van der Waals surface area contributed by atoms with Crippen LogP contribution in [0.2, 0.25) is 0 Å². The number of likely N-dealkylation sites (tertiary alicyclic amines) is 1. The molecular formula is C20H22N2O3. The lowest BCUT2D eigenvalue weighted by molar-refractivity contribution is -0.148. The molecule has 2 unspecified atom stereocenters. The number of nitrogens with zero attached hydrogens (tertiary/aromatic N) is 2. The Bertz CT molecular complexity index is 735. The van der Waals surface area contributed by atoms with E-state index in [0.717, 1.165) is 25.1 Å². The van der Waals surface area contributed by atoms with E-state index in [1.54, 1.807) is 12.4 Å². The first-order valence-electron chi connectivity index (χ1n) is 8.83. The van der Waals surface area contributed by atoms with Crippen LogP contribution < -0.4 is 4.74 Å². The molecule has 2 atom stereocenters. The van der Waals surface area contributed by atoms with Gasteiger partial charge in [-0.3, -0.25) is 9.78 Å². The lowest BCUT2D eigenvalue weighted by Gasteiger charge is -2.36. The molecule has 130 valence electrons. The SMILES string of the molecule is O=C(C1Cc2ccccc2CO1)N1CCCC(Oc2ccncc2)C1. The van der Waals surface area contributed by atoms with Crippen molar-refractivity contribution >= 4 is 5.91 Å². The second-order valence-corrected chi connectivity index (χ2v) is 6.62. The quantitative estimate of drug-likeness (QED) is 0.863. The van der Waals surface area contributed by atoms with Gasteiger partial charge < -0.3 is 14.4 Å². The van der Waals surface area contributed by atoms with Crippen LogP contribution in [-0.2, 0) is 22.6 Å². The monoisotopic (exact) mass is 338 g/mol. The highest BCUT2D eigenvalue weighted by Crippen LogP contribution is 2.24. The maximum atomic E-state index is 12.9. The third kappa shape index (κ3) is 3.66. The number of aromatic nitrogens is 1. The molecule has 0 radical (unpaired) electrons. The highest BCUT2D eigenvalue weighted by molar-refractivity contribution is 5.81. The van der Waals surface area contributed by atoms with E-state index < -0.39 is 0 Å². The van der Waals surface area contributed by atoms with Crippen LogP contribution in [0.25, 0.3) is 0 Å². The fraction of sp³-hybridized carbons (Fsp3) is 0.400. The predicted octanol–water partition coefficient (Wildman–Crippen LogP) is 2.59. The minimum Gasteiger partial charge on any atom is -0.488 e. The van der Waals surface area contributed by atoms with E-state index in [9.17, 15) is 4.79 Å². The van der Waals surface area contributed by atoms with E-state index in [2.05, 4.69) is 17.1 Å². The lowest BCUT2D eigenvalue weighted by Crippen LogP contribution is -2.49. The van der Waals surface area contributed by atoms with Crippen LogP contribution >= 0.6 is 0 Å². The van der Waals surface area contributed by atoms with Gasteiger partial charge in [0.2, 0.25) is 0 Å². The molecule has 1 aromatic carbocycles. The van der Waals surface area contributed by atoms with Crippen LogP contribution in [0.15, 0.2) is 48.8 Å². The third-order valence-electron chi connectivity index (χ3n) is 4.88. The fourth-order valence-electron chi connectivity index (χ4n) is 3.55. The molecule has 0 saturated carbocycles. The van der Waals surface area contributed by atoms with Gasteiger partial charge in [0.05, 0.1) is 13.2 Å². The maximum absolute atomic E-state index is 12.9. The molecule has 3 heterocycles. The predicted molar refractivity (Wildman–Crippen MR) is 93.2 cm³/mol. The average Bonchev–Trinajstić information content (AvgIpc) is 2.68. The zero-order chi connectivity index (χ0) is 17.1. The van der Waals surface area contributed by atoms with E-state index in [1.165, 1.54) is 11.1 Å². The topological polar surface area (TPSA) is 51.7 Å². The molecule has 1 fully saturated rings. The minimum absolute atomic E-state index is 0.0241. The lowest BCUT2D eigenvalue weighted by atomic mass is 9.98. The largest absolute Gasteiger partial charge is 0.488 e. The van der Waals surface area contributed by atoms with Gasteiger partial charge in [-0.25, -0.2) is 0 Å². The molecule has 1 amide bonds. The molecule has 2 aromatic rings. The Morgan fingerprint density at radius 3 is 2.80 bits per heavy atom. The standard InChI is InChI=1S/C20H22N2O3/c23-20(19-12-15-4-1-2-5-16(15)14-24-19)22-11-3-6-18(13-22)25-17-7-9-21-10-8-17/h1-2,4-5,7-10,18-19H,3,6,11-14H2. The Labute approximate surface area is 147 Å². The van der Waals surface area contributed by atoms with Crippen molar-refractivity contribution in [3.8, 4) is 5.75 Å². The second-order valence-electron chi connectivity index (χ2n) is 6.62. The molecule has 5 heteroatoms.